The van der Waals surface area contributed by atoms with Crippen LogP contribution in [0.2, 0.25) is 0 Å². The molecule has 4 heteroatoms. The molecule has 0 spiro atoms. The zero-order valence-corrected chi connectivity index (χ0v) is 10.8. The number of likely N-dealkylation sites (tertiary alicyclic amines) is 1. The molecule has 1 aromatic carbocycles. The first kappa shape index (κ1) is 12.8. The van der Waals surface area contributed by atoms with E-state index in [-0.39, 0.29) is 5.82 Å². The molecule has 1 unspecified atom stereocenters. The molecule has 1 aliphatic rings. The summed E-state index contributed by atoms with van der Waals surface area (Å²) >= 11 is 0. The van der Waals surface area contributed by atoms with Crippen molar-refractivity contribution in [2.45, 2.75) is 25.8 Å². The summed E-state index contributed by atoms with van der Waals surface area (Å²) < 4.78 is 13.7. The normalized spacial score (nSPS) is 20.4. The molecule has 0 aliphatic carbocycles. The first-order valence-corrected chi connectivity index (χ1v) is 6.25. The Hall–Kier alpha value is -1.60. The standard InChI is InChI=1S/C14H18FN3/c1-10-13(15)6-11(8-16)7-14(10)17-12-4-3-5-18(2)9-12/h6-7,12,17H,3-5,9H2,1-2H3. The van der Waals surface area contributed by atoms with E-state index in [1.54, 1.807) is 13.0 Å². The number of nitrogens with zero attached hydrogens (tertiary/aromatic N) is 2. The Kier molecular flexibility index (Phi) is 3.83. The first-order chi connectivity index (χ1) is 8.60. The van der Waals surface area contributed by atoms with Crippen molar-refractivity contribution in [1.82, 2.24) is 4.90 Å². The molecule has 1 fully saturated rings. The molecule has 0 radical (unpaired) electrons. The van der Waals surface area contributed by atoms with Gasteiger partial charge in [-0.1, -0.05) is 0 Å². The SMILES string of the molecule is Cc1c(F)cc(C#N)cc1NC1CCCN(C)C1. The minimum atomic E-state index is -0.319. The van der Waals surface area contributed by atoms with Gasteiger partial charge in [-0.05, 0) is 45.5 Å². The van der Waals surface area contributed by atoms with Crippen molar-refractivity contribution in [3.8, 4) is 6.07 Å². The predicted molar refractivity (Wildman–Crippen MR) is 70.0 cm³/mol. The molecular formula is C14H18FN3. The number of hydrogen-bond acceptors (Lipinski definition) is 3. The Morgan fingerprint density at radius 1 is 1.50 bits per heavy atom. The van der Waals surface area contributed by atoms with Crippen molar-refractivity contribution in [2.24, 2.45) is 0 Å². The molecule has 2 rings (SSSR count). The van der Waals surface area contributed by atoms with E-state index in [1.165, 1.54) is 6.07 Å². The van der Waals surface area contributed by atoms with Crippen LogP contribution < -0.4 is 5.32 Å². The number of nitrogens with one attached hydrogen (secondary N) is 1. The van der Waals surface area contributed by atoms with Crippen molar-refractivity contribution >= 4 is 5.69 Å². The number of hydrogen-bond donors (Lipinski definition) is 1. The number of nitriles is 1. The van der Waals surface area contributed by atoms with Crippen LogP contribution in [0.4, 0.5) is 10.1 Å². The highest BCUT2D eigenvalue weighted by atomic mass is 19.1. The Balaban J connectivity index is 2.18. The van der Waals surface area contributed by atoms with Crippen LogP contribution in [0.15, 0.2) is 12.1 Å². The maximum absolute atomic E-state index is 13.7. The molecule has 0 aromatic heterocycles. The minimum absolute atomic E-state index is 0.319. The molecule has 1 aliphatic heterocycles. The average molecular weight is 247 g/mol. The summed E-state index contributed by atoms with van der Waals surface area (Å²) in [6, 6.07) is 5.33. The number of rotatable bonds is 2. The number of benzene rings is 1. The van der Waals surface area contributed by atoms with E-state index in [1.807, 2.05) is 6.07 Å². The van der Waals surface area contributed by atoms with Gasteiger partial charge in [-0.2, -0.15) is 5.26 Å². The van der Waals surface area contributed by atoms with Crippen molar-refractivity contribution < 1.29 is 4.39 Å². The first-order valence-electron chi connectivity index (χ1n) is 6.25. The van der Waals surface area contributed by atoms with Crippen LogP contribution in [0.1, 0.15) is 24.0 Å². The second kappa shape index (κ2) is 5.36. The van der Waals surface area contributed by atoms with Crippen LogP contribution >= 0.6 is 0 Å². The highest BCUT2D eigenvalue weighted by Crippen LogP contribution is 2.23. The number of halogens is 1. The largest absolute Gasteiger partial charge is 0.381 e. The second-order valence-electron chi connectivity index (χ2n) is 4.99. The Labute approximate surface area is 107 Å². The van der Waals surface area contributed by atoms with Gasteiger partial charge in [0.15, 0.2) is 0 Å². The molecule has 1 atom stereocenters. The molecular weight excluding hydrogens is 229 g/mol. The van der Waals surface area contributed by atoms with Gasteiger partial charge in [-0.25, -0.2) is 4.39 Å². The van der Waals surface area contributed by atoms with Crippen molar-refractivity contribution in [1.29, 1.82) is 5.26 Å². The van der Waals surface area contributed by atoms with Gasteiger partial charge in [0.05, 0.1) is 11.6 Å². The van der Waals surface area contributed by atoms with Crippen molar-refractivity contribution in [3.05, 3.63) is 29.1 Å². The smallest absolute Gasteiger partial charge is 0.129 e. The van der Waals surface area contributed by atoms with E-state index in [0.29, 0.717) is 17.2 Å². The zero-order chi connectivity index (χ0) is 13.1. The highest BCUT2D eigenvalue weighted by molar-refractivity contribution is 5.56. The lowest BCUT2D eigenvalue weighted by Gasteiger charge is -2.31. The van der Waals surface area contributed by atoms with Gasteiger partial charge in [0.25, 0.3) is 0 Å². The van der Waals surface area contributed by atoms with E-state index in [9.17, 15) is 4.39 Å². The monoisotopic (exact) mass is 247 g/mol. The summed E-state index contributed by atoms with van der Waals surface area (Å²) in [5, 5.41) is 12.2. The zero-order valence-electron chi connectivity index (χ0n) is 10.8. The van der Waals surface area contributed by atoms with E-state index in [2.05, 4.69) is 17.3 Å². The molecule has 96 valence electrons. The Morgan fingerprint density at radius 3 is 2.94 bits per heavy atom. The van der Waals surface area contributed by atoms with Gasteiger partial charge in [0, 0.05) is 23.8 Å². The third kappa shape index (κ3) is 2.80. The highest BCUT2D eigenvalue weighted by Gasteiger charge is 2.18. The van der Waals surface area contributed by atoms with Gasteiger partial charge >= 0.3 is 0 Å². The van der Waals surface area contributed by atoms with Crippen LogP contribution in [0.25, 0.3) is 0 Å². The maximum Gasteiger partial charge on any atom is 0.129 e. The summed E-state index contributed by atoms with van der Waals surface area (Å²) in [4.78, 5) is 2.26. The summed E-state index contributed by atoms with van der Waals surface area (Å²) in [5.41, 5.74) is 1.69. The number of piperidine rings is 1. The summed E-state index contributed by atoms with van der Waals surface area (Å²) in [6.07, 6.45) is 2.23. The van der Waals surface area contributed by atoms with Crippen LogP contribution in [0, 0.1) is 24.1 Å². The average Bonchev–Trinajstić information content (AvgIpc) is 2.34. The van der Waals surface area contributed by atoms with E-state index in [0.717, 1.165) is 31.6 Å². The molecule has 3 nitrogen and oxygen atoms in total. The lowest BCUT2D eigenvalue weighted by molar-refractivity contribution is 0.261. The van der Waals surface area contributed by atoms with Gasteiger partial charge < -0.3 is 10.2 Å². The number of anilines is 1. The fourth-order valence-corrected chi connectivity index (χ4v) is 2.40. The van der Waals surface area contributed by atoms with Crippen LogP contribution in [0.3, 0.4) is 0 Å². The minimum Gasteiger partial charge on any atom is -0.381 e. The molecule has 0 amide bonds. The van der Waals surface area contributed by atoms with E-state index in [4.69, 9.17) is 5.26 Å². The van der Waals surface area contributed by atoms with Gasteiger partial charge in [0.1, 0.15) is 5.82 Å². The number of likely N-dealkylation sites (N-methyl/N-ethyl adjacent to an activating group) is 1. The second-order valence-corrected chi connectivity index (χ2v) is 4.99. The fraction of sp³-hybridized carbons (Fsp3) is 0.500. The Morgan fingerprint density at radius 2 is 2.28 bits per heavy atom. The molecule has 1 saturated heterocycles. The molecule has 18 heavy (non-hydrogen) atoms. The molecule has 1 aromatic rings. The van der Waals surface area contributed by atoms with E-state index < -0.39 is 0 Å². The van der Waals surface area contributed by atoms with Gasteiger partial charge in [-0.3, -0.25) is 0 Å². The summed E-state index contributed by atoms with van der Waals surface area (Å²) in [6.45, 7) is 3.81. The summed E-state index contributed by atoms with van der Waals surface area (Å²) in [5.74, 6) is -0.319. The van der Waals surface area contributed by atoms with Crippen LogP contribution in [0.5, 0.6) is 0 Å². The molecule has 1 N–H and O–H groups in total. The fourth-order valence-electron chi connectivity index (χ4n) is 2.40. The quantitative estimate of drug-likeness (QED) is 0.872. The van der Waals surface area contributed by atoms with Crippen molar-refractivity contribution in [2.75, 3.05) is 25.5 Å². The van der Waals surface area contributed by atoms with Crippen LogP contribution in [-0.2, 0) is 0 Å². The third-order valence-electron chi connectivity index (χ3n) is 3.46. The topological polar surface area (TPSA) is 39.1 Å². The molecule has 0 bridgehead atoms. The third-order valence-corrected chi connectivity index (χ3v) is 3.46. The van der Waals surface area contributed by atoms with E-state index >= 15 is 0 Å². The predicted octanol–water partition coefficient (Wildman–Crippen LogP) is 2.51. The lowest BCUT2D eigenvalue weighted by Crippen LogP contribution is -2.39. The lowest BCUT2D eigenvalue weighted by atomic mass is 10.0. The maximum atomic E-state index is 13.7. The van der Waals surface area contributed by atoms with Crippen LogP contribution in [-0.4, -0.2) is 31.1 Å². The summed E-state index contributed by atoms with van der Waals surface area (Å²) in [7, 11) is 2.09. The Bertz CT molecular complexity index is 479. The molecule has 1 heterocycles. The van der Waals surface area contributed by atoms with Gasteiger partial charge in [-0.15, -0.1) is 0 Å². The van der Waals surface area contributed by atoms with Gasteiger partial charge in [0.2, 0.25) is 0 Å². The van der Waals surface area contributed by atoms with Crippen molar-refractivity contribution in [3.63, 3.8) is 0 Å². The molecule has 0 saturated carbocycles.